The Morgan fingerprint density at radius 1 is 1.10 bits per heavy atom. The minimum absolute atomic E-state index is 0.319. The molecule has 1 amide bonds. The molecule has 0 aromatic heterocycles. The van der Waals surface area contributed by atoms with Crippen LogP contribution in [0.4, 0.5) is 0 Å². The van der Waals surface area contributed by atoms with Gasteiger partial charge >= 0.3 is 0 Å². The highest BCUT2D eigenvalue weighted by molar-refractivity contribution is 14.1. The molecule has 1 heterocycles. The Kier molecular flexibility index (Phi) is 6.39. The molecule has 0 aromatic carbocycles. The molecule has 1 saturated heterocycles. The number of likely N-dealkylation sites (tertiary alicyclic amines) is 1. The standard InChI is InChI=1S/C18H32INO/c1-14(2)20-13-10-15-8-4-6-11-18(3,19)12-7-5-9-16(15)17(20)21/h14-16H,4-13H2,1-3H3. The number of amides is 1. The van der Waals surface area contributed by atoms with E-state index in [9.17, 15) is 4.79 Å². The van der Waals surface area contributed by atoms with Crippen molar-refractivity contribution in [1.82, 2.24) is 4.90 Å². The fraction of sp³-hybridized carbons (Fsp3) is 0.944. The molecule has 2 fully saturated rings. The molecular weight excluding hydrogens is 373 g/mol. The molecule has 1 aliphatic heterocycles. The minimum Gasteiger partial charge on any atom is -0.340 e. The zero-order valence-electron chi connectivity index (χ0n) is 14.0. The first-order valence-electron chi connectivity index (χ1n) is 8.90. The Labute approximate surface area is 144 Å². The highest BCUT2D eigenvalue weighted by Crippen LogP contribution is 2.37. The molecule has 2 aliphatic rings. The molecule has 3 atom stereocenters. The quantitative estimate of drug-likeness (QED) is 0.435. The molecule has 3 heteroatoms. The zero-order valence-corrected chi connectivity index (χ0v) is 16.2. The van der Waals surface area contributed by atoms with Crippen molar-refractivity contribution >= 4 is 28.5 Å². The Hall–Kier alpha value is 0.200. The number of carbonyl (C=O) groups excluding carboxylic acids is 1. The number of hydrogen-bond acceptors (Lipinski definition) is 1. The Bertz CT molecular complexity index is 353. The molecule has 21 heavy (non-hydrogen) atoms. The van der Waals surface area contributed by atoms with Crippen molar-refractivity contribution in [2.45, 2.75) is 88.0 Å². The summed E-state index contributed by atoms with van der Waals surface area (Å²) < 4.78 is 0.473. The van der Waals surface area contributed by atoms with Crippen LogP contribution in [-0.2, 0) is 4.79 Å². The van der Waals surface area contributed by atoms with Gasteiger partial charge in [0.25, 0.3) is 0 Å². The smallest absolute Gasteiger partial charge is 0.226 e. The van der Waals surface area contributed by atoms with E-state index in [2.05, 4.69) is 48.3 Å². The Morgan fingerprint density at radius 3 is 2.33 bits per heavy atom. The van der Waals surface area contributed by atoms with Crippen LogP contribution >= 0.6 is 22.6 Å². The number of halogens is 1. The van der Waals surface area contributed by atoms with Crippen LogP contribution in [0.25, 0.3) is 0 Å². The molecule has 3 unspecified atom stereocenters. The number of hydrogen-bond donors (Lipinski definition) is 0. The molecule has 0 N–H and O–H groups in total. The van der Waals surface area contributed by atoms with E-state index in [0.29, 0.717) is 27.2 Å². The Morgan fingerprint density at radius 2 is 1.71 bits per heavy atom. The molecule has 1 saturated carbocycles. The van der Waals surface area contributed by atoms with E-state index in [1.807, 2.05) is 0 Å². The summed E-state index contributed by atoms with van der Waals surface area (Å²) in [4.78, 5) is 14.9. The highest BCUT2D eigenvalue weighted by Gasteiger charge is 2.37. The van der Waals surface area contributed by atoms with E-state index in [1.165, 1.54) is 51.4 Å². The molecule has 1 aliphatic carbocycles. The monoisotopic (exact) mass is 405 g/mol. The van der Waals surface area contributed by atoms with Crippen LogP contribution in [0.15, 0.2) is 0 Å². The first-order chi connectivity index (χ1) is 9.91. The summed E-state index contributed by atoms with van der Waals surface area (Å²) in [6.45, 7) is 7.71. The second kappa shape index (κ2) is 7.65. The molecule has 0 radical (unpaired) electrons. The normalized spacial score (nSPS) is 36.2. The van der Waals surface area contributed by atoms with Crippen LogP contribution in [0.1, 0.15) is 78.6 Å². The van der Waals surface area contributed by atoms with Crippen LogP contribution in [0.5, 0.6) is 0 Å². The van der Waals surface area contributed by atoms with Gasteiger partial charge in [0.1, 0.15) is 0 Å². The van der Waals surface area contributed by atoms with Crippen molar-refractivity contribution < 1.29 is 4.79 Å². The lowest BCUT2D eigenvalue weighted by molar-refractivity contribution is -0.143. The zero-order chi connectivity index (χ0) is 15.5. The molecule has 2 nitrogen and oxygen atoms in total. The molecule has 0 bridgehead atoms. The molecular formula is C18H32INO. The first-order valence-corrected chi connectivity index (χ1v) is 9.98. The lowest BCUT2D eigenvalue weighted by Crippen LogP contribution is -2.48. The lowest BCUT2D eigenvalue weighted by Gasteiger charge is -2.40. The summed E-state index contributed by atoms with van der Waals surface area (Å²) in [5, 5.41) is 0. The summed E-state index contributed by atoms with van der Waals surface area (Å²) in [7, 11) is 0. The lowest BCUT2D eigenvalue weighted by atomic mass is 9.78. The van der Waals surface area contributed by atoms with Gasteiger partial charge in [-0.2, -0.15) is 0 Å². The molecule has 122 valence electrons. The predicted octanol–water partition coefficient (Wildman–Crippen LogP) is 5.19. The van der Waals surface area contributed by atoms with E-state index < -0.39 is 0 Å². The van der Waals surface area contributed by atoms with Gasteiger partial charge in [-0.1, -0.05) is 55.2 Å². The van der Waals surface area contributed by atoms with Crippen LogP contribution in [0.3, 0.4) is 0 Å². The second-order valence-corrected chi connectivity index (χ2v) is 10.3. The van der Waals surface area contributed by atoms with Gasteiger partial charge < -0.3 is 4.90 Å². The van der Waals surface area contributed by atoms with Crippen molar-refractivity contribution in [3.8, 4) is 0 Å². The average molecular weight is 405 g/mol. The topological polar surface area (TPSA) is 20.3 Å². The van der Waals surface area contributed by atoms with Gasteiger partial charge in [0, 0.05) is 21.9 Å². The van der Waals surface area contributed by atoms with Crippen LogP contribution in [0, 0.1) is 11.8 Å². The molecule has 0 aromatic rings. The fourth-order valence-corrected chi connectivity index (χ4v) is 4.89. The third-order valence-electron chi connectivity index (χ3n) is 5.52. The van der Waals surface area contributed by atoms with Crippen molar-refractivity contribution in [2.75, 3.05) is 6.54 Å². The fourth-order valence-electron chi connectivity index (χ4n) is 4.13. The maximum absolute atomic E-state index is 12.8. The van der Waals surface area contributed by atoms with Gasteiger partial charge in [0.05, 0.1) is 0 Å². The molecule has 0 spiro atoms. The third-order valence-corrected chi connectivity index (χ3v) is 6.60. The third kappa shape index (κ3) is 4.84. The van der Waals surface area contributed by atoms with Gasteiger partial charge in [0.2, 0.25) is 5.91 Å². The van der Waals surface area contributed by atoms with Crippen LogP contribution in [-0.4, -0.2) is 26.8 Å². The average Bonchev–Trinajstić information content (AvgIpc) is 2.43. The summed E-state index contributed by atoms with van der Waals surface area (Å²) in [5.74, 6) is 1.43. The Balaban J connectivity index is 2.02. The van der Waals surface area contributed by atoms with E-state index in [4.69, 9.17) is 0 Å². The van der Waals surface area contributed by atoms with Gasteiger partial charge in [-0.05, 0) is 51.9 Å². The first kappa shape index (κ1) is 17.6. The van der Waals surface area contributed by atoms with E-state index in [0.717, 1.165) is 13.0 Å². The summed E-state index contributed by atoms with van der Waals surface area (Å²) in [6, 6.07) is 0.370. The molecule has 2 rings (SSSR count). The number of nitrogens with zero attached hydrogens (tertiary/aromatic N) is 1. The van der Waals surface area contributed by atoms with Crippen molar-refractivity contribution in [3.05, 3.63) is 0 Å². The van der Waals surface area contributed by atoms with Gasteiger partial charge in [0.15, 0.2) is 0 Å². The highest BCUT2D eigenvalue weighted by atomic mass is 127. The van der Waals surface area contributed by atoms with Gasteiger partial charge in [-0.25, -0.2) is 0 Å². The summed E-state index contributed by atoms with van der Waals surface area (Å²) in [6.07, 6.45) is 11.5. The number of rotatable bonds is 1. The second-order valence-electron chi connectivity index (χ2n) is 7.69. The number of carbonyl (C=O) groups is 1. The van der Waals surface area contributed by atoms with Crippen LogP contribution < -0.4 is 0 Å². The van der Waals surface area contributed by atoms with Crippen molar-refractivity contribution in [1.29, 1.82) is 0 Å². The summed E-state index contributed by atoms with van der Waals surface area (Å²) in [5.41, 5.74) is 0. The van der Waals surface area contributed by atoms with Gasteiger partial charge in [-0.3, -0.25) is 4.79 Å². The van der Waals surface area contributed by atoms with E-state index in [1.54, 1.807) is 0 Å². The number of alkyl halides is 1. The maximum Gasteiger partial charge on any atom is 0.226 e. The predicted molar refractivity (Wildman–Crippen MR) is 97.8 cm³/mol. The van der Waals surface area contributed by atoms with Gasteiger partial charge in [-0.15, -0.1) is 0 Å². The SMILES string of the molecule is CC(C)N1CCC2CCCCC(C)(I)CCCCC2C1=O. The number of fused-ring (bicyclic) bond motifs is 1. The van der Waals surface area contributed by atoms with E-state index in [-0.39, 0.29) is 0 Å². The van der Waals surface area contributed by atoms with E-state index >= 15 is 0 Å². The maximum atomic E-state index is 12.8. The minimum atomic E-state index is 0.319. The largest absolute Gasteiger partial charge is 0.340 e. The number of piperidine rings is 1. The van der Waals surface area contributed by atoms with Crippen molar-refractivity contribution in [3.63, 3.8) is 0 Å². The van der Waals surface area contributed by atoms with Crippen molar-refractivity contribution in [2.24, 2.45) is 11.8 Å². The van der Waals surface area contributed by atoms with Crippen LogP contribution in [0.2, 0.25) is 0 Å². The summed E-state index contributed by atoms with van der Waals surface area (Å²) >= 11 is 2.66.